The maximum Gasteiger partial charge on any atom is 0.258 e. The van der Waals surface area contributed by atoms with Gasteiger partial charge in [0.2, 0.25) is 0 Å². The van der Waals surface area contributed by atoms with Crippen LogP contribution in [-0.4, -0.2) is 11.7 Å². The quantitative estimate of drug-likeness (QED) is 0.723. The molecule has 0 bridgehead atoms. The third kappa shape index (κ3) is 2.72. The number of halogens is 1. The molecule has 3 rings (SSSR count). The number of hydrogen-bond acceptors (Lipinski definition) is 2. The van der Waals surface area contributed by atoms with E-state index in [1.165, 1.54) is 0 Å². The molecule has 0 atom stereocenters. The van der Waals surface area contributed by atoms with Crippen molar-refractivity contribution in [1.29, 1.82) is 0 Å². The van der Waals surface area contributed by atoms with Crippen molar-refractivity contribution in [3.63, 3.8) is 0 Å². The summed E-state index contributed by atoms with van der Waals surface area (Å²) in [6.45, 7) is 0.478. The number of rotatable bonds is 3. The van der Waals surface area contributed by atoms with Gasteiger partial charge in [0, 0.05) is 21.6 Å². The SMILES string of the molecule is COc1ccc(Br)cc1Cn1ccc2ccccc2c1=O. The van der Waals surface area contributed by atoms with Crippen LogP contribution in [0.15, 0.2) is 64.0 Å². The fourth-order valence-corrected chi connectivity index (χ4v) is 2.82. The first-order chi connectivity index (χ1) is 10.2. The van der Waals surface area contributed by atoms with Crippen LogP contribution in [0.2, 0.25) is 0 Å². The normalized spacial score (nSPS) is 10.8. The topological polar surface area (TPSA) is 31.2 Å². The van der Waals surface area contributed by atoms with Gasteiger partial charge in [-0.2, -0.15) is 0 Å². The van der Waals surface area contributed by atoms with Gasteiger partial charge in [-0.25, -0.2) is 0 Å². The van der Waals surface area contributed by atoms with Crippen molar-refractivity contribution < 1.29 is 4.74 Å². The molecule has 0 radical (unpaired) electrons. The van der Waals surface area contributed by atoms with Gasteiger partial charge in [0.05, 0.1) is 13.7 Å². The van der Waals surface area contributed by atoms with E-state index >= 15 is 0 Å². The summed E-state index contributed by atoms with van der Waals surface area (Å²) in [4.78, 5) is 12.5. The fraction of sp³-hybridized carbons (Fsp3) is 0.118. The molecule has 1 aromatic heterocycles. The summed E-state index contributed by atoms with van der Waals surface area (Å²) in [6.07, 6.45) is 1.82. The van der Waals surface area contributed by atoms with Crippen LogP contribution in [0.5, 0.6) is 5.75 Å². The van der Waals surface area contributed by atoms with Crippen LogP contribution in [0.4, 0.5) is 0 Å². The molecule has 0 amide bonds. The number of hydrogen-bond donors (Lipinski definition) is 0. The molecule has 4 heteroatoms. The summed E-state index contributed by atoms with van der Waals surface area (Å²) in [5, 5.41) is 1.69. The molecule has 3 nitrogen and oxygen atoms in total. The van der Waals surface area contributed by atoms with Crippen LogP contribution in [0, 0.1) is 0 Å². The van der Waals surface area contributed by atoms with E-state index in [2.05, 4.69) is 15.9 Å². The molecular weight excluding hydrogens is 330 g/mol. The lowest BCUT2D eigenvalue weighted by Gasteiger charge is -2.11. The second-order valence-corrected chi connectivity index (χ2v) is 5.71. The lowest BCUT2D eigenvalue weighted by atomic mass is 10.1. The minimum atomic E-state index is 0.00938. The Balaban J connectivity index is 2.08. The maximum atomic E-state index is 12.5. The smallest absolute Gasteiger partial charge is 0.258 e. The van der Waals surface area contributed by atoms with Gasteiger partial charge in [0.15, 0.2) is 0 Å². The van der Waals surface area contributed by atoms with Crippen molar-refractivity contribution in [3.05, 3.63) is 75.1 Å². The third-order valence-electron chi connectivity index (χ3n) is 3.47. The Morgan fingerprint density at radius 3 is 2.76 bits per heavy atom. The Bertz CT molecular complexity index is 855. The molecule has 0 aliphatic heterocycles. The second kappa shape index (κ2) is 5.74. The van der Waals surface area contributed by atoms with Crippen LogP contribution >= 0.6 is 15.9 Å². The minimum Gasteiger partial charge on any atom is -0.496 e. The summed E-state index contributed by atoms with van der Waals surface area (Å²) in [6, 6.07) is 15.4. The van der Waals surface area contributed by atoms with Crippen molar-refractivity contribution >= 4 is 26.7 Å². The summed E-state index contributed by atoms with van der Waals surface area (Å²) in [5.41, 5.74) is 0.972. The molecule has 0 aliphatic carbocycles. The van der Waals surface area contributed by atoms with E-state index in [1.807, 2.05) is 54.7 Å². The van der Waals surface area contributed by atoms with Gasteiger partial charge in [0.1, 0.15) is 5.75 Å². The number of fused-ring (bicyclic) bond motifs is 1. The van der Waals surface area contributed by atoms with Crippen LogP contribution in [0.1, 0.15) is 5.56 Å². The molecule has 21 heavy (non-hydrogen) atoms. The van der Waals surface area contributed by atoms with Crippen LogP contribution < -0.4 is 10.3 Å². The zero-order valence-corrected chi connectivity index (χ0v) is 13.1. The highest BCUT2D eigenvalue weighted by Gasteiger charge is 2.07. The molecule has 0 saturated carbocycles. The molecule has 106 valence electrons. The molecular formula is C17H14BrNO2. The number of methoxy groups -OCH3 is 1. The Morgan fingerprint density at radius 1 is 1.14 bits per heavy atom. The Hall–Kier alpha value is -2.07. The van der Waals surface area contributed by atoms with Crippen LogP contribution in [0.25, 0.3) is 10.8 Å². The Kier molecular flexibility index (Phi) is 3.80. The Morgan fingerprint density at radius 2 is 1.95 bits per heavy atom. The van der Waals surface area contributed by atoms with E-state index in [-0.39, 0.29) is 5.56 Å². The summed E-state index contributed by atoms with van der Waals surface area (Å²) >= 11 is 3.45. The highest BCUT2D eigenvalue weighted by Crippen LogP contribution is 2.23. The first-order valence-electron chi connectivity index (χ1n) is 6.59. The van der Waals surface area contributed by atoms with E-state index < -0.39 is 0 Å². The van der Waals surface area contributed by atoms with Crippen LogP contribution in [0.3, 0.4) is 0 Å². The summed E-state index contributed by atoms with van der Waals surface area (Å²) in [7, 11) is 1.63. The molecule has 0 aliphatic rings. The molecule has 0 fully saturated rings. The zero-order valence-electron chi connectivity index (χ0n) is 11.5. The lowest BCUT2D eigenvalue weighted by molar-refractivity contribution is 0.408. The van der Waals surface area contributed by atoms with Crippen molar-refractivity contribution in [3.8, 4) is 5.75 Å². The van der Waals surface area contributed by atoms with Crippen molar-refractivity contribution in [2.24, 2.45) is 0 Å². The van der Waals surface area contributed by atoms with Gasteiger partial charge in [-0.05, 0) is 35.7 Å². The molecule has 0 spiro atoms. The first-order valence-corrected chi connectivity index (χ1v) is 7.39. The predicted molar refractivity (Wildman–Crippen MR) is 88.0 cm³/mol. The van der Waals surface area contributed by atoms with E-state index in [0.717, 1.165) is 26.6 Å². The molecule has 0 N–H and O–H groups in total. The maximum absolute atomic E-state index is 12.5. The number of ether oxygens (including phenoxy) is 1. The molecule has 0 unspecified atom stereocenters. The number of aromatic nitrogens is 1. The summed E-state index contributed by atoms with van der Waals surface area (Å²) in [5.74, 6) is 0.776. The van der Waals surface area contributed by atoms with Gasteiger partial charge in [-0.3, -0.25) is 4.79 Å². The van der Waals surface area contributed by atoms with E-state index in [4.69, 9.17) is 4.74 Å². The van der Waals surface area contributed by atoms with Crippen molar-refractivity contribution in [2.45, 2.75) is 6.54 Å². The zero-order chi connectivity index (χ0) is 14.8. The molecule has 3 aromatic rings. The van der Waals surface area contributed by atoms with Gasteiger partial charge in [0.25, 0.3) is 5.56 Å². The molecule has 0 saturated heterocycles. The Labute approximate surface area is 130 Å². The van der Waals surface area contributed by atoms with Gasteiger partial charge in [-0.1, -0.05) is 34.1 Å². The van der Waals surface area contributed by atoms with Crippen molar-refractivity contribution in [1.82, 2.24) is 4.57 Å². The minimum absolute atomic E-state index is 0.00938. The lowest BCUT2D eigenvalue weighted by Crippen LogP contribution is -2.20. The van der Waals surface area contributed by atoms with E-state index in [9.17, 15) is 4.79 Å². The average molecular weight is 344 g/mol. The highest BCUT2D eigenvalue weighted by molar-refractivity contribution is 9.10. The standard InChI is InChI=1S/C17H14BrNO2/c1-21-16-7-6-14(18)10-13(16)11-19-9-8-12-4-2-3-5-15(12)17(19)20/h2-10H,11H2,1H3. The van der Waals surface area contributed by atoms with Gasteiger partial charge in [-0.15, -0.1) is 0 Å². The van der Waals surface area contributed by atoms with Gasteiger partial charge < -0.3 is 9.30 Å². The second-order valence-electron chi connectivity index (χ2n) is 4.79. The third-order valence-corrected chi connectivity index (χ3v) is 3.96. The average Bonchev–Trinajstić information content (AvgIpc) is 2.51. The van der Waals surface area contributed by atoms with Crippen LogP contribution in [-0.2, 0) is 6.54 Å². The first kappa shape index (κ1) is 13.9. The fourth-order valence-electron chi connectivity index (χ4n) is 2.41. The summed E-state index contributed by atoms with van der Waals surface area (Å²) < 4.78 is 8.03. The predicted octanol–water partition coefficient (Wildman–Crippen LogP) is 3.82. The molecule has 1 heterocycles. The van der Waals surface area contributed by atoms with E-state index in [1.54, 1.807) is 11.7 Å². The molecule has 2 aromatic carbocycles. The number of benzene rings is 2. The van der Waals surface area contributed by atoms with Crippen molar-refractivity contribution in [2.75, 3.05) is 7.11 Å². The number of pyridine rings is 1. The highest BCUT2D eigenvalue weighted by atomic mass is 79.9. The van der Waals surface area contributed by atoms with Gasteiger partial charge >= 0.3 is 0 Å². The monoisotopic (exact) mass is 343 g/mol. The number of nitrogens with zero attached hydrogens (tertiary/aromatic N) is 1. The largest absolute Gasteiger partial charge is 0.496 e. The van der Waals surface area contributed by atoms with E-state index in [0.29, 0.717) is 6.54 Å².